The van der Waals surface area contributed by atoms with Gasteiger partial charge >= 0.3 is 5.97 Å². The maximum absolute atomic E-state index is 11.9. The molecule has 0 saturated heterocycles. The minimum Gasteiger partial charge on any atom is -0.494 e. The maximum Gasteiger partial charge on any atom is 0.344 e. The molecule has 192 valence electrons. The summed E-state index contributed by atoms with van der Waals surface area (Å²) in [5, 5.41) is 0. The molecule has 3 rings (SSSR count). The Kier molecular flexibility index (Phi) is 9.80. The largest absolute Gasteiger partial charge is 0.494 e. The van der Waals surface area contributed by atoms with E-state index in [1.807, 2.05) is 54.6 Å². The summed E-state index contributed by atoms with van der Waals surface area (Å²) >= 11 is 0. The van der Waals surface area contributed by atoms with E-state index in [1.54, 1.807) is 6.92 Å². The van der Waals surface area contributed by atoms with Gasteiger partial charge in [0.15, 0.2) is 18.1 Å². The third kappa shape index (κ3) is 8.04. The van der Waals surface area contributed by atoms with E-state index in [0.29, 0.717) is 23.9 Å². The number of hydrogen-bond acceptors (Lipinski definition) is 5. The fraction of sp³-hybridized carbons (Fsp3) is 0.387. The Morgan fingerprint density at radius 1 is 0.750 bits per heavy atom. The number of unbranched alkanes of at least 4 members (excludes halogenated alkanes) is 2. The molecule has 0 saturated carbocycles. The standard InChI is InChI=1S/C31H38O5/c1-6-8-9-20-34-26-15-10-23(11-16-26)24-12-19-28(29(21-24)35-22-30(32)33-7-2)36-27-17-13-25(14-18-27)31(3,4)5/h10-19,21H,6-9,20,22H2,1-5H3. The van der Waals surface area contributed by atoms with E-state index < -0.39 is 5.97 Å². The first-order valence-electron chi connectivity index (χ1n) is 12.7. The van der Waals surface area contributed by atoms with E-state index in [0.717, 1.165) is 29.9 Å². The van der Waals surface area contributed by atoms with Crippen molar-refractivity contribution in [1.82, 2.24) is 0 Å². The molecule has 5 heteroatoms. The van der Waals surface area contributed by atoms with Gasteiger partial charge in [0.1, 0.15) is 11.5 Å². The lowest BCUT2D eigenvalue weighted by Crippen LogP contribution is -2.14. The van der Waals surface area contributed by atoms with Crippen LogP contribution in [0.15, 0.2) is 66.7 Å². The van der Waals surface area contributed by atoms with E-state index in [-0.39, 0.29) is 12.0 Å². The van der Waals surface area contributed by atoms with Gasteiger partial charge in [-0.1, -0.05) is 70.9 Å². The second-order valence-corrected chi connectivity index (χ2v) is 9.71. The summed E-state index contributed by atoms with van der Waals surface area (Å²) in [7, 11) is 0. The zero-order valence-corrected chi connectivity index (χ0v) is 22.1. The summed E-state index contributed by atoms with van der Waals surface area (Å²) in [6.45, 7) is 11.3. The zero-order valence-electron chi connectivity index (χ0n) is 22.1. The average molecular weight is 491 g/mol. The van der Waals surface area contributed by atoms with Crippen molar-refractivity contribution in [3.63, 3.8) is 0 Å². The van der Waals surface area contributed by atoms with Gasteiger partial charge in [-0.15, -0.1) is 0 Å². The minimum absolute atomic E-state index is 0.0597. The van der Waals surface area contributed by atoms with Crippen LogP contribution in [0.5, 0.6) is 23.0 Å². The Labute approximate surface area is 215 Å². The molecule has 36 heavy (non-hydrogen) atoms. The highest BCUT2D eigenvalue weighted by Crippen LogP contribution is 2.36. The molecule has 0 bridgehead atoms. The van der Waals surface area contributed by atoms with E-state index >= 15 is 0 Å². The molecule has 0 unspecified atom stereocenters. The molecule has 0 fully saturated rings. The van der Waals surface area contributed by atoms with Crippen LogP contribution >= 0.6 is 0 Å². The molecule has 0 radical (unpaired) electrons. The topological polar surface area (TPSA) is 54.0 Å². The maximum atomic E-state index is 11.9. The number of ether oxygens (including phenoxy) is 4. The summed E-state index contributed by atoms with van der Waals surface area (Å²) in [6.07, 6.45) is 3.40. The highest BCUT2D eigenvalue weighted by molar-refractivity contribution is 5.72. The molecule has 5 nitrogen and oxygen atoms in total. The van der Waals surface area contributed by atoms with E-state index in [9.17, 15) is 4.79 Å². The van der Waals surface area contributed by atoms with Crippen molar-refractivity contribution in [3.8, 4) is 34.1 Å². The molecular formula is C31H38O5. The van der Waals surface area contributed by atoms with Crippen LogP contribution in [-0.4, -0.2) is 25.8 Å². The van der Waals surface area contributed by atoms with Gasteiger partial charge in [0.2, 0.25) is 0 Å². The number of hydrogen-bond donors (Lipinski definition) is 0. The predicted molar refractivity (Wildman–Crippen MR) is 144 cm³/mol. The summed E-state index contributed by atoms with van der Waals surface area (Å²) in [6, 6.07) is 21.7. The molecule has 0 amide bonds. The van der Waals surface area contributed by atoms with Crippen molar-refractivity contribution < 1.29 is 23.7 Å². The summed E-state index contributed by atoms with van der Waals surface area (Å²) in [5.74, 6) is 2.13. The number of carbonyl (C=O) groups excluding carboxylic acids is 1. The van der Waals surface area contributed by atoms with Crippen molar-refractivity contribution in [2.45, 2.75) is 59.3 Å². The fourth-order valence-corrected chi connectivity index (χ4v) is 3.66. The van der Waals surface area contributed by atoms with Crippen LogP contribution < -0.4 is 14.2 Å². The first kappa shape index (κ1) is 27.1. The van der Waals surface area contributed by atoms with Gasteiger partial charge in [-0.25, -0.2) is 4.79 Å². The summed E-state index contributed by atoms with van der Waals surface area (Å²) in [5.41, 5.74) is 3.24. The molecule has 0 spiro atoms. The summed E-state index contributed by atoms with van der Waals surface area (Å²) < 4.78 is 22.8. The first-order valence-corrected chi connectivity index (χ1v) is 12.7. The molecule has 3 aromatic rings. The Balaban J connectivity index is 1.80. The molecule has 0 aliphatic heterocycles. The third-order valence-corrected chi connectivity index (χ3v) is 5.75. The van der Waals surface area contributed by atoms with Crippen LogP contribution in [0.2, 0.25) is 0 Å². The second kappa shape index (κ2) is 13.0. The average Bonchev–Trinajstić information content (AvgIpc) is 2.86. The van der Waals surface area contributed by atoms with Gasteiger partial charge in [-0.05, 0) is 71.8 Å². The summed E-state index contributed by atoms with van der Waals surface area (Å²) in [4.78, 5) is 11.9. The van der Waals surface area contributed by atoms with Gasteiger partial charge in [0.25, 0.3) is 0 Å². The number of rotatable bonds is 12. The van der Waals surface area contributed by atoms with Gasteiger partial charge in [0.05, 0.1) is 13.2 Å². The SMILES string of the molecule is CCCCCOc1ccc(-c2ccc(Oc3ccc(C(C)(C)C)cc3)c(OCC(=O)OCC)c2)cc1. The van der Waals surface area contributed by atoms with Crippen LogP contribution in [0.4, 0.5) is 0 Å². The Morgan fingerprint density at radius 2 is 1.42 bits per heavy atom. The number of esters is 1. The third-order valence-electron chi connectivity index (χ3n) is 5.75. The predicted octanol–water partition coefficient (Wildman–Crippen LogP) is 7.95. The van der Waals surface area contributed by atoms with Crippen LogP contribution in [-0.2, 0) is 14.9 Å². The van der Waals surface area contributed by atoms with Gasteiger partial charge < -0.3 is 18.9 Å². The smallest absolute Gasteiger partial charge is 0.344 e. The van der Waals surface area contributed by atoms with Crippen LogP contribution in [0.1, 0.15) is 59.4 Å². The van der Waals surface area contributed by atoms with Gasteiger partial charge in [-0.2, -0.15) is 0 Å². The lowest BCUT2D eigenvalue weighted by molar-refractivity contribution is -0.145. The fourth-order valence-electron chi connectivity index (χ4n) is 3.66. The van der Waals surface area contributed by atoms with Crippen molar-refractivity contribution in [3.05, 3.63) is 72.3 Å². The number of carbonyl (C=O) groups is 1. The zero-order chi connectivity index (χ0) is 26.0. The Bertz CT molecular complexity index is 1100. The molecule has 0 aliphatic rings. The highest BCUT2D eigenvalue weighted by atomic mass is 16.6. The molecule has 0 N–H and O–H groups in total. The highest BCUT2D eigenvalue weighted by Gasteiger charge is 2.15. The van der Waals surface area contributed by atoms with Crippen molar-refractivity contribution >= 4 is 5.97 Å². The first-order chi connectivity index (χ1) is 17.3. The van der Waals surface area contributed by atoms with Crippen molar-refractivity contribution in [2.75, 3.05) is 19.8 Å². The van der Waals surface area contributed by atoms with Gasteiger partial charge in [-0.3, -0.25) is 0 Å². The molecule has 0 atom stereocenters. The van der Waals surface area contributed by atoms with Crippen LogP contribution in [0.25, 0.3) is 11.1 Å². The molecule has 0 aliphatic carbocycles. The Morgan fingerprint density at radius 3 is 2.06 bits per heavy atom. The molecule has 3 aromatic carbocycles. The van der Waals surface area contributed by atoms with E-state index in [4.69, 9.17) is 18.9 Å². The lowest BCUT2D eigenvalue weighted by atomic mass is 9.87. The van der Waals surface area contributed by atoms with E-state index in [1.165, 1.54) is 18.4 Å². The molecular weight excluding hydrogens is 452 g/mol. The van der Waals surface area contributed by atoms with Crippen LogP contribution in [0.3, 0.4) is 0 Å². The van der Waals surface area contributed by atoms with Gasteiger partial charge in [0, 0.05) is 0 Å². The van der Waals surface area contributed by atoms with E-state index in [2.05, 4.69) is 39.8 Å². The minimum atomic E-state index is -0.423. The normalized spacial score (nSPS) is 11.1. The molecule has 0 heterocycles. The van der Waals surface area contributed by atoms with Crippen molar-refractivity contribution in [1.29, 1.82) is 0 Å². The van der Waals surface area contributed by atoms with Crippen molar-refractivity contribution in [2.24, 2.45) is 0 Å². The second-order valence-electron chi connectivity index (χ2n) is 9.71. The quantitative estimate of drug-likeness (QED) is 0.190. The number of benzene rings is 3. The Hall–Kier alpha value is -3.47. The van der Waals surface area contributed by atoms with Crippen LogP contribution in [0, 0.1) is 0 Å². The monoisotopic (exact) mass is 490 g/mol. The lowest BCUT2D eigenvalue weighted by Gasteiger charge is -2.19. The molecule has 0 aromatic heterocycles.